The van der Waals surface area contributed by atoms with Crippen molar-refractivity contribution in [2.45, 2.75) is 18.8 Å². The lowest BCUT2D eigenvalue weighted by molar-refractivity contribution is -0.143. The highest BCUT2D eigenvalue weighted by Crippen LogP contribution is 2.61. The van der Waals surface area contributed by atoms with Crippen molar-refractivity contribution < 1.29 is 18.8 Å². The minimum Gasteiger partial charge on any atom is -0.325 e. The van der Waals surface area contributed by atoms with Crippen LogP contribution in [0.15, 0.2) is 54.6 Å². The molecule has 1 N–H and O–H groups in total. The van der Waals surface area contributed by atoms with Gasteiger partial charge >= 0.3 is 0 Å². The Kier molecular flexibility index (Phi) is 4.23. The molecular formula is C23H21FN2O3. The molecule has 2 saturated carbocycles. The Hall–Kier alpha value is -3.02. The Morgan fingerprint density at radius 2 is 1.66 bits per heavy atom. The molecule has 3 amide bonds. The van der Waals surface area contributed by atoms with E-state index in [1.54, 1.807) is 0 Å². The van der Waals surface area contributed by atoms with Crippen LogP contribution in [0.25, 0.3) is 0 Å². The number of nitrogens with zero attached hydrogens (tertiary/aromatic N) is 1. The second-order valence-corrected chi connectivity index (χ2v) is 8.28. The van der Waals surface area contributed by atoms with E-state index in [0.717, 1.165) is 17.7 Å². The van der Waals surface area contributed by atoms with Crippen molar-refractivity contribution in [2.75, 3.05) is 11.9 Å². The van der Waals surface area contributed by atoms with Gasteiger partial charge in [0.15, 0.2) is 0 Å². The number of carbonyl (C=O) groups is 3. The lowest BCUT2D eigenvalue weighted by Crippen LogP contribution is -2.39. The topological polar surface area (TPSA) is 66.5 Å². The molecule has 2 bridgehead atoms. The zero-order valence-corrected chi connectivity index (χ0v) is 15.8. The van der Waals surface area contributed by atoms with E-state index in [2.05, 4.69) is 17.4 Å². The maximum absolute atomic E-state index is 13.1. The Labute approximate surface area is 167 Å². The first-order valence-electron chi connectivity index (χ1n) is 9.98. The number of benzene rings is 2. The second kappa shape index (κ2) is 6.79. The predicted molar refractivity (Wildman–Crippen MR) is 104 cm³/mol. The van der Waals surface area contributed by atoms with Gasteiger partial charge in [0.05, 0.1) is 11.8 Å². The quantitative estimate of drug-likeness (QED) is 0.813. The van der Waals surface area contributed by atoms with Gasteiger partial charge in [-0.05, 0) is 60.4 Å². The van der Waals surface area contributed by atoms with Gasteiger partial charge in [-0.1, -0.05) is 30.3 Å². The summed E-state index contributed by atoms with van der Waals surface area (Å²) in [6.45, 7) is -0.294. The average Bonchev–Trinajstić information content (AvgIpc) is 3.38. The van der Waals surface area contributed by atoms with E-state index in [-0.39, 0.29) is 42.0 Å². The van der Waals surface area contributed by atoms with E-state index >= 15 is 0 Å². The second-order valence-electron chi connectivity index (χ2n) is 8.28. The Balaban J connectivity index is 1.31. The summed E-state index contributed by atoms with van der Waals surface area (Å²) in [6, 6.07) is 15.6. The van der Waals surface area contributed by atoms with Crippen molar-refractivity contribution in [3.8, 4) is 0 Å². The van der Waals surface area contributed by atoms with Gasteiger partial charge in [0.2, 0.25) is 17.7 Å². The third-order valence-corrected chi connectivity index (χ3v) is 6.76. The summed E-state index contributed by atoms with van der Waals surface area (Å²) in [7, 11) is 0. The third-order valence-electron chi connectivity index (χ3n) is 6.76. The molecule has 5 rings (SSSR count). The van der Waals surface area contributed by atoms with Gasteiger partial charge in [0.1, 0.15) is 12.4 Å². The molecule has 5 nitrogen and oxygen atoms in total. The summed E-state index contributed by atoms with van der Waals surface area (Å²) in [6.07, 6.45) is 1.83. The number of anilines is 1. The number of hydrogen-bond donors (Lipinski definition) is 1. The number of fused-ring (bicyclic) bond motifs is 5. The fourth-order valence-corrected chi connectivity index (χ4v) is 5.64. The third kappa shape index (κ3) is 2.94. The molecule has 2 aliphatic carbocycles. The van der Waals surface area contributed by atoms with Crippen molar-refractivity contribution in [3.05, 3.63) is 66.0 Å². The van der Waals surface area contributed by atoms with E-state index in [4.69, 9.17) is 0 Å². The lowest BCUT2D eigenvalue weighted by Gasteiger charge is -2.28. The fourth-order valence-electron chi connectivity index (χ4n) is 5.64. The monoisotopic (exact) mass is 392 g/mol. The molecule has 0 spiro atoms. The number of rotatable bonds is 4. The zero-order valence-electron chi connectivity index (χ0n) is 15.8. The van der Waals surface area contributed by atoms with Crippen LogP contribution in [0.5, 0.6) is 0 Å². The normalized spacial score (nSPS) is 30.0. The van der Waals surface area contributed by atoms with Gasteiger partial charge < -0.3 is 5.32 Å². The molecule has 2 aromatic carbocycles. The van der Waals surface area contributed by atoms with Crippen LogP contribution in [0.4, 0.5) is 10.1 Å². The van der Waals surface area contributed by atoms with Crippen LogP contribution in [0.3, 0.4) is 0 Å². The molecule has 6 heteroatoms. The number of imide groups is 1. The molecule has 0 unspecified atom stereocenters. The maximum atomic E-state index is 13.1. The maximum Gasteiger partial charge on any atom is 0.244 e. The number of halogens is 1. The molecule has 0 radical (unpaired) electrons. The van der Waals surface area contributed by atoms with Crippen molar-refractivity contribution in [2.24, 2.45) is 23.7 Å². The van der Waals surface area contributed by atoms with Gasteiger partial charge in [-0.15, -0.1) is 0 Å². The van der Waals surface area contributed by atoms with E-state index in [1.807, 2.05) is 18.2 Å². The number of nitrogens with one attached hydrogen (secondary N) is 1. The molecule has 0 aromatic heterocycles. The molecule has 148 valence electrons. The molecule has 1 saturated heterocycles. The number of carbonyl (C=O) groups excluding carboxylic acids is 3. The Morgan fingerprint density at radius 1 is 0.966 bits per heavy atom. The Bertz CT molecular complexity index is 975. The summed E-state index contributed by atoms with van der Waals surface area (Å²) in [4.78, 5) is 39.5. The summed E-state index contributed by atoms with van der Waals surface area (Å²) >= 11 is 0. The van der Waals surface area contributed by atoms with Crippen molar-refractivity contribution >= 4 is 23.4 Å². The first-order chi connectivity index (χ1) is 14.0. The van der Waals surface area contributed by atoms with Crippen LogP contribution < -0.4 is 5.32 Å². The predicted octanol–water partition coefficient (Wildman–Crippen LogP) is 3.19. The standard InChI is InChI=1S/C23H21FN2O3/c24-15-6-8-16(9-7-15)25-19(27)12-26-22(28)20-14-10-17(13-4-2-1-3-5-13)18(11-14)21(20)23(26)29/h1-9,14,17-18,20-21H,10-12H2,(H,25,27)/t14-,17-,18+,20+,21+/m0/s1. The SMILES string of the molecule is O=C(CN1C(=O)[C@@H]2[C@@H]3C[C@@H]([C@H]2C1=O)[C@H](c1ccccc1)C3)Nc1ccc(F)cc1. The van der Waals surface area contributed by atoms with Crippen LogP contribution in [0, 0.1) is 29.5 Å². The van der Waals surface area contributed by atoms with Crippen molar-refractivity contribution in [3.63, 3.8) is 0 Å². The highest BCUT2D eigenvalue weighted by Gasteiger charge is 2.63. The molecule has 1 heterocycles. The summed E-state index contributed by atoms with van der Waals surface area (Å²) in [5.74, 6) is -1.22. The van der Waals surface area contributed by atoms with E-state index in [9.17, 15) is 18.8 Å². The molecular weight excluding hydrogens is 371 g/mol. The van der Waals surface area contributed by atoms with Gasteiger partial charge in [-0.25, -0.2) is 4.39 Å². The molecule has 1 aliphatic heterocycles. The summed E-state index contributed by atoms with van der Waals surface area (Å²) in [5, 5.41) is 2.62. The van der Waals surface area contributed by atoms with Gasteiger partial charge in [-0.3, -0.25) is 19.3 Å². The summed E-state index contributed by atoms with van der Waals surface area (Å²) < 4.78 is 13.0. The lowest BCUT2D eigenvalue weighted by atomic mass is 9.73. The average molecular weight is 392 g/mol. The van der Waals surface area contributed by atoms with E-state index in [0.29, 0.717) is 11.6 Å². The van der Waals surface area contributed by atoms with Gasteiger partial charge in [-0.2, -0.15) is 0 Å². The molecule has 5 atom stereocenters. The zero-order chi connectivity index (χ0) is 20.1. The largest absolute Gasteiger partial charge is 0.325 e. The van der Waals surface area contributed by atoms with Crippen LogP contribution in [-0.2, 0) is 14.4 Å². The first kappa shape index (κ1) is 18.0. The molecule has 29 heavy (non-hydrogen) atoms. The highest BCUT2D eigenvalue weighted by molar-refractivity contribution is 6.09. The van der Waals surface area contributed by atoms with Crippen molar-refractivity contribution in [1.82, 2.24) is 4.90 Å². The smallest absolute Gasteiger partial charge is 0.244 e. The molecule has 3 aliphatic rings. The number of amides is 3. The number of hydrogen-bond acceptors (Lipinski definition) is 3. The fraction of sp³-hybridized carbons (Fsp3) is 0.348. The highest BCUT2D eigenvalue weighted by atomic mass is 19.1. The minimum atomic E-state index is -0.453. The van der Waals surface area contributed by atoms with E-state index in [1.165, 1.54) is 29.8 Å². The van der Waals surface area contributed by atoms with Crippen LogP contribution >= 0.6 is 0 Å². The number of likely N-dealkylation sites (tertiary alicyclic amines) is 1. The van der Waals surface area contributed by atoms with Crippen molar-refractivity contribution in [1.29, 1.82) is 0 Å². The van der Waals surface area contributed by atoms with E-state index < -0.39 is 11.7 Å². The molecule has 2 aromatic rings. The van der Waals surface area contributed by atoms with Gasteiger partial charge in [0, 0.05) is 5.69 Å². The molecule has 3 fully saturated rings. The van der Waals surface area contributed by atoms with Crippen LogP contribution in [-0.4, -0.2) is 29.2 Å². The summed E-state index contributed by atoms with van der Waals surface area (Å²) in [5.41, 5.74) is 1.66. The van der Waals surface area contributed by atoms with Crippen LogP contribution in [0.1, 0.15) is 24.3 Å². The first-order valence-corrected chi connectivity index (χ1v) is 9.98. The Morgan fingerprint density at radius 3 is 2.38 bits per heavy atom. The van der Waals surface area contributed by atoms with Gasteiger partial charge in [0.25, 0.3) is 0 Å². The van der Waals surface area contributed by atoms with Crippen LogP contribution in [0.2, 0.25) is 0 Å². The minimum absolute atomic E-state index is 0.161.